The molecule has 0 heterocycles. The van der Waals surface area contributed by atoms with Crippen molar-refractivity contribution in [1.29, 1.82) is 5.26 Å². The summed E-state index contributed by atoms with van der Waals surface area (Å²) in [6.45, 7) is 3.35. The average Bonchev–Trinajstić information content (AvgIpc) is 2.69. The Morgan fingerprint density at radius 2 is 2.07 bits per heavy atom. The molecular weight excluding hydrogens is 523 g/mol. The standard InChI is InChI=1S/C21H18ClIN2O5/c1-3-29-18-9-13(8-16(23)20(18)30-11-19(26)27)7-14(10-24)21(28)25-17-6-4-5-15(22)12(17)2/h4-9H,3,11H2,1-2H3,(H,25,28)(H,26,27)/b14-7+. The Labute approximate surface area is 192 Å². The first-order chi connectivity index (χ1) is 14.3. The van der Waals surface area contributed by atoms with Gasteiger partial charge >= 0.3 is 5.97 Å². The van der Waals surface area contributed by atoms with Gasteiger partial charge in [0.1, 0.15) is 11.6 Å². The lowest BCUT2D eigenvalue weighted by atomic mass is 10.1. The van der Waals surface area contributed by atoms with Crippen molar-refractivity contribution >= 4 is 57.8 Å². The predicted octanol–water partition coefficient (Wildman–Crippen LogP) is 4.66. The van der Waals surface area contributed by atoms with Crippen LogP contribution in [0.1, 0.15) is 18.1 Å². The number of amides is 1. The van der Waals surface area contributed by atoms with E-state index >= 15 is 0 Å². The first-order valence-corrected chi connectivity index (χ1v) is 10.2. The van der Waals surface area contributed by atoms with Gasteiger partial charge in [0, 0.05) is 10.7 Å². The summed E-state index contributed by atoms with van der Waals surface area (Å²) in [5, 5.41) is 21.5. The van der Waals surface area contributed by atoms with Crippen LogP contribution >= 0.6 is 34.2 Å². The second kappa shape index (κ2) is 10.8. The number of nitriles is 1. The van der Waals surface area contributed by atoms with Crippen molar-refractivity contribution in [3.63, 3.8) is 0 Å². The van der Waals surface area contributed by atoms with Gasteiger partial charge in [0.2, 0.25) is 0 Å². The van der Waals surface area contributed by atoms with Crippen molar-refractivity contribution in [1.82, 2.24) is 0 Å². The molecule has 0 aliphatic rings. The van der Waals surface area contributed by atoms with Gasteiger partial charge in [-0.05, 0) is 77.9 Å². The normalized spacial score (nSPS) is 10.8. The van der Waals surface area contributed by atoms with E-state index in [1.54, 1.807) is 44.2 Å². The van der Waals surface area contributed by atoms with E-state index in [2.05, 4.69) is 5.32 Å². The second-order valence-electron chi connectivity index (χ2n) is 5.98. The first kappa shape index (κ1) is 23.5. The minimum absolute atomic E-state index is 0.119. The minimum Gasteiger partial charge on any atom is -0.490 e. The fourth-order valence-electron chi connectivity index (χ4n) is 2.46. The van der Waals surface area contributed by atoms with Crippen LogP contribution in [-0.4, -0.2) is 30.2 Å². The lowest BCUT2D eigenvalue weighted by Gasteiger charge is -2.14. The summed E-state index contributed by atoms with van der Waals surface area (Å²) in [4.78, 5) is 23.4. The highest BCUT2D eigenvalue weighted by Crippen LogP contribution is 2.35. The molecule has 2 N–H and O–H groups in total. The highest BCUT2D eigenvalue weighted by atomic mass is 127. The van der Waals surface area contributed by atoms with Gasteiger partial charge in [-0.2, -0.15) is 5.26 Å². The number of hydrogen-bond acceptors (Lipinski definition) is 5. The Balaban J connectivity index is 2.36. The molecule has 0 fully saturated rings. The number of nitrogens with zero attached hydrogens (tertiary/aromatic N) is 1. The van der Waals surface area contributed by atoms with E-state index in [4.69, 9.17) is 26.2 Å². The molecule has 0 radical (unpaired) electrons. The number of halogens is 2. The summed E-state index contributed by atoms with van der Waals surface area (Å²) in [6, 6.07) is 10.2. The van der Waals surface area contributed by atoms with Gasteiger partial charge in [0.15, 0.2) is 18.1 Å². The first-order valence-electron chi connectivity index (χ1n) is 8.76. The van der Waals surface area contributed by atoms with Crippen molar-refractivity contribution in [3.8, 4) is 17.6 Å². The molecule has 30 heavy (non-hydrogen) atoms. The number of carboxylic acid groups (broad SMARTS) is 1. The number of rotatable bonds is 8. The number of ether oxygens (including phenoxy) is 2. The van der Waals surface area contributed by atoms with Gasteiger partial charge in [-0.1, -0.05) is 17.7 Å². The van der Waals surface area contributed by atoms with Crippen LogP contribution in [-0.2, 0) is 9.59 Å². The molecule has 2 rings (SSSR count). The fourth-order valence-corrected chi connectivity index (χ4v) is 3.41. The van der Waals surface area contributed by atoms with Crippen LogP contribution in [0.25, 0.3) is 6.08 Å². The average molecular weight is 541 g/mol. The van der Waals surface area contributed by atoms with Crippen molar-refractivity contribution in [2.24, 2.45) is 0 Å². The van der Waals surface area contributed by atoms with E-state index in [9.17, 15) is 14.9 Å². The van der Waals surface area contributed by atoms with Crippen LogP contribution in [0.15, 0.2) is 35.9 Å². The smallest absolute Gasteiger partial charge is 0.341 e. The largest absolute Gasteiger partial charge is 0.490 e. The molecule has 2 aromatic rings. The molecule has 2 aromatic carbocycles. The summed E-state index contributed by atoms with van der Waals surface area (Å²) < 4.78 is 11.4. The van der Waals surface area contributed by atoms with Crippen LogP contribution in [0.5, 0.6) is 11.5 Å². The molecule has 7 nitrogen and oxygen atoms in total. The summed E-state index contributed by atoms with van der Waals surface area (Å²) in [5.74, 6) is -1.09. The molecule has 156 valence electrons. The summed E-state index contributed by atoms with van der Waals surface area (Å²) in [7, 11) is 0. The number of nitrogens with one attached hydrogen (secondary N) is 1. The number of carbonyl (C=O) groups excluding carboxylic acids is 1. The number of benzene rings is 2. The maximum Gasteiger partial charge on any atom is 0.341 e. The van der Waals surface area contributed by atoms with Crippen molar-refractivity contribution in [2.75, 3.05) is 18.5 Å². The van der Waals surface area contributed by atoms with Gasteiger partial charge < -0.3 is 19.9 Å². The molecule has 0 spiro atoms. The Hall–Kier alpha value is -2.77. The number of anilines is 1. The predicted molar refractivity (Wildman–Crippen MR) is 122 cm³/mol. The summed E-state index contributed by atoms with van der Waals surface area (Å²) >= 11 is 8.05. The third-order valence-corrected chi connectivity index (χ3v) is 5.07. The zero-order valence-electron chi connectivity index (χ0n) is 16.2. The lowest BCUT2D eigenvalue weighted by molar-refractivity contribution is -0.139. The van der Waals surface area contributed by atoms with Crippen molar-refractivity contribution in [3.05, 3.63) is 55.6 Å². The molecule has 0 bridgehead atoms. The zero-order chi connectivity index (χ0) is 22.3. The molecule has 0 saturated heterocycles. The van der Waals surface area contributed by atoms with Crippen LogP contribution in [0, 0.1) is 21.8 Å². The molecule has 0 atom stereocenters. The summed E-state index contributed by atoms with van der Waals surface area (Å²) in [6.07, 6.45) is 1.42. The second-order valence-corrected chi connectivity index (χ2v) is 7.55. The molecule has 9 heteroatoms. The maximum absolute atomic E-state index is 12.6. The Kier molecular flexibility index (Phi) is 8.50. The monoisotopic (exact) mass is 540 g/mol. The third-order valence-electron chi connectivity index (χ3n) is 3.86. The van der Waals surface area contributed by atoms with Crippen LogP contribution < -0.4 is 14.8 Å². The van der Waals surface area contributed by atoms with Gasteiger partial charge in [-0.15, -0.1) is 0 Å². The van der Waals surface area contributed by atoms with Crippen molar-refractivity contribution < 1.29 is 24.2 Å². The molecule has 0 aliphatic carbocycles. The minimum atomic E-state index is -1.11. The van der Waals surface area contributed by atoms with E-state index in [0.717, 1.165) is 0 Å². The lowest BCUT2D eigenvalue weighted by Crippen LogP contribution is -2.14. The fraction of sp³-hybridized carbons (Fsp3) is 0.190. The van der Waals surface area contributed by atoms with Crippen LogP contribution in [0.3, 0.4) is 0 Å². The van der Waals surface area contributed by atoms with Crippen molar-refractivity contribution in [2.45, 2.75) is 13.8 Å². The van der Waals surface area contributed by atoms with E-state index in [0.29, 0.717) is 37.8 Å². The quantitative estimate of drug-likeness (QED) is 0.286. The molecule has 0 aliphatic heterocycles. The Morgan fingerprint density at radius 1 is 1.33 bits per heavy atom. The van der Waals surface area contributed by atoms with Crippen LogP contribution in [0.4, 0.5) is 5.69 Å². The number of carboxylic acids is 1. The highest BCUT2D eigenvalue weighted by Gasteiger charge is 2.16. The topological polar surface area (TPSA) is 109 Å². The molecule has 0 unspecified atom stereocenters. The van der Waals surface area contributed by atoms with Gasteiger partial charge in [-0.3, -0.25) is 4.79 Å². The van der Waals surface area contributed by atoms with Gasteiger partial charge in [0.05, 0.1) is 10.2 Å². The number of carbonyl (C=O) groups is 2. The van der Waals surface area contributed by atoms with Gasteiger partial charge in [-0.25, -0.2) is 4.79 Å². The SMILES string of the molecule is CCOc1cc(/C=C(\C#N)C(=O)Nc2cccc(Cl)c2C)cc(I)c1OCC(=O)O. The number of aliphatic carboxylic acids is 1. The molecule has 0 aromatic heterocycles. The molecular formula is C21H18ClIN2O5. The van der Waals surface area contributed by atoms with E-state index in [1.807, 2.05) is 28.7 Å². The van der Waals surface area contributed by atoms with E-state index < -0.39 is 18.5 Å². The van der Waals surface area contributed by atoms with Crippen LogP contribution in [0.2, 0.25) is 5.02 Å². The molecule has 0 saturated carbocycles. The summed E-state index contributed by atoms with van der Waals surface area (Å²) in [5.41, 5.74) is 1.61. The maximum atomic E-state index is 12.6. The highest BCUT2D eigenvalue weighted by molar-refractivity contribution is 14.1. The van der Waals surface area contributed by atoms with Gasteiger partial charge in [0.25, 0.3) is 5.91 Å². The zero-order valence-corrected chi connectivity index (χ0v) is 19.1. The Morgan fingerprint density at radius 3 is 2.70 bits per heavy atom. The molecule has 1 amide bonds. The Bertz CT molecular complexity index is 1050. The van der Waals surface area contributed by atoms with E-state index in [-0.39, 0.29) is 11.3 Å². The number of hydrogen-bond donors (Lipinski definition) is 2. The third kappa shape index (κ3) is 6.11. The van der Waals surface area contributed by atoms with E-state index in [1.165, 1.54) is 6.08 Å².